The highest BCUT2D eigenvalue weighted by Gasteiger charge is 2.15. The first kappa shape index (κ1) is 17.0. The molecule has 0 heterocycles. The van der Waals surface area contributed by atoms with E-state index in [0.29, 0.717) is 29.0 Å². The van der Waals surface area contributed by atoms with Gasteiger partial charge in [0.1, 0.15) is 0 Å². The lowest BCUT2D eigenvalue weighted by molar-refractivity contribution is -0.118. The van der Waals surface area contributed by atoms with Crippen molar-refractivity contribution in [2.75, 3.05) is 20.0 Å². The van der Waals surface area contributed by atoms with Crippen LogP contribution in [-0.4, -0.2) is 31.1 Å². The summed E-state index contributed by atoms with van der Waals surface area (Å²) >= 11 is 1.80. The quantitative estimate of drug-likeness (QED) is 0.835. The third kappa shape index (κ3) is 5.13. The van der Waals surface area contributed by atoms with Gasteiger partial charge < -0.3 is 14.8 Å². The van der Waals surface area contributed by atoms with Crippen LogP contribution in [0.5, 0.6) is 11.5 Å². The molecule has 1 fully saturated rings. The fourth-order valence-electron chi connectivity index (χ4n) is 2.67. The van der Waals surface area contributed by atoms with E-state index in [2.05, 4.69) is 5.32 Å². The van der Waals surface area contributed by atoms with Gasteiger partial charge in [0.05, 0.1) is 20.0 Å². The minimum Gasteiger partial charge on any atom is -0.493 e. The van der Waals surface area contributed by atoms with Gasteiger partial charge in [-0.25, -0.2) is 0 Å². The molecule has 4 nitrogen and oxygen atoms in total. The van der Waals surface area contributed by atoms with Gasteiger partial charge in [-0.3, -0.25) is 4.79 Å². The second kappa shape index (κ2) is 8.93. The average Bonchev–Trinajstić information content (AvgIpc) is 2.58. The summed E-state index contributed by atoms with van der Waals surface area (Å²) in [5.74, 6) is 2.04. The van der Waals surface area contributed by atoms with Gasteiger partial charge in [-0.1, -0.05) is 25.3 Å². The van der Waals surface area contributed by atoms with E-state index in [1.54, 1.807) is 26.0 Å². The first-order valence-corrected chi connectivity index (χ1v) is 8.87. The molecule has 0 aliphatic heterocycles. The Bertz CT molecular complexity index is 487. The predicted octanol–water partition coefficient (Wildman–Crippen LogP) is 3.39. The highest BCUT2D eigenvalue weighted by molar-refractivity contribution is 8.00. The van der Waals surface area contributed by atoms with Gasteiger partial charge >= 0.3 is 0 Å². The van der Waals surface area contributed by atoms with Crippen molar-refractivity contribution in [3.05, 3.63) is 23.8 Å². The molecule has 0 bridgehead atoms. The van der Waals surface area contributed by atoms with Crippen LogP contribution in [-0.2, 0) is 11.3 Å². The molecule has 122 valence electrons. The summed E-state index contributed by atoms with van der Waals surface area (Å²) in [7, 11) is 3.23. The fraction of sp³-hybridized carbons (Fsp3) is 0.588. The van der Waals surface area contributed by atoms with E-state index in [1.165, 1.54) is 32.1 Å². The third-order valence-electron chi connectivity index (χ3n) is 3.94. The molecule has 0 spiro atoms. The van der Waals surface area contributed by atoms with Crippen LogP contribution >= 0.6 is 11.8 Å². The summed E-state index contributed by atoms with van der Waals surface area (Å²) in [6, 6.07) is 5.69. The van der Waals surface area contributed by atoms with Crippen LogP contribution in [0.2, 0.25) is 0 Å². The van der Waals surface area contributed by atoms with Gasteiger partial charge in [-0.2, -0.15) is 0 Å². The van der Waals surface area contributed by atoms with Crippen molar-refractivity contribution in [2.24, 2.45) is 0 Å². The summed E-state index contributed by atoms with van der Waals surface area (Å²) in [5, 5.41) is 3.64. The van der Waals surface area contributed by atoms with Crippen molar-refractivity contribution in [3.8, 4) is 11.5 Å². The van der Waals surface area contributed by atoms with Gasteiger partial charge in [-0.05, 0) is 30.5 Å². The SMILES string of the molecule is COc1ccc(CNC(=O)CSC2CCCCC2)cc1OC. The van der Waals surface area contributed by atoms with Crippen LogP contribution in [0.4, 0.5) is 0 Å². The van der Waals surface area contributed by atoms with Crippen LogP contribution in [0.15, 0.2) is 18.2 Å². The Morgan fingerprint density at radius 1 is 1.18 bits per heavy atom. The monoisotopic (exact) mass is 323 g/mol. The zero-order valence-electron chi connectivity index (χ0n) is 13.4. The summed E-state index contributed by atoms with van der Waals surface area (Å²) < 4.78 is 10.5. The molecule has 1 N–H and O–H groups in total. The van der Waals surface area contributed by atoms with E-state index in [4.69, 9.17) is 9.47 Å². The fourth-order valence-corrected chi connectivity index (χ4v) is 3.82. The first-order chi connectivity index (χ1) is 10.7. The van der Waals surface area contributed by atoms with Crippen molar-refractivity contribution in [2.45, 2.75) is 43.9 Å². The van der Waals surface area contributed by atoms with E-state index in [9.17, 15) is 4.79 Å². The summed E-state index contributed by atoms with van der Waals surface area (Å²) in [6.07, 6.45) is 6.49. The molecule has 0 aromatic heterocycles. The molecule has 2 rings (SSSR count). The Hall–Kier alpha value is -1.36. The summed E-state index contributed by atoms with van der Waals surface area (Å²) in [5.41, 5.74) is 1.01. The standard InChI is InChI=1S/C17H25NO3S/c1-20-15-9-8-13(10-16(15)21-2)11-18-17(19)12-22-14-6-4-3-5-7-14/h8-10,14H,3-7,11-12H2,1-2H3,(H,18,19). The highest BCUT2D eigenvalue weighted by atomic mass is 32.2. The van der Waals surface area contributed by atoms with Crippen LogP contribution in [0.25, 0.3) is 0 Å². The number of rotatable bonds is 7. The summed E-state index contributed by atoms with van der Waals surface area (Å²) in [6.45, 7) is 0.518. The molecule has 1 amide bonds. The molecule has 1 aliphatic rings. The number of carbonyl (C=O) groups excluding carboxylic acids is 1. The third-order valence-corrected chi connectivity index (χ3v) is 5.31. The molecule has 0 radical (unpaired) electrons. The van der Waals surface area contributed by atoms with E-state index in [1.807, 2.05) is 18.2 Å². The molecule has 22 heavy (non-hydrogen) atoms. The molecule has 1 aliphatic carbocycles. The minimum absolute atomic E-state index is 0.102. The Morgan fingerprint density at radius 3 is 2.59 bits per heavy atom. The Kier molecular flexibility index (Phi) is 6.90. The van der Waals surface area contributed by atoms with E-state index in [-0.39, 0.29) is 5.91 Å². The van der Waals surface area contributed by atoms with Gasteiger partial charge in [0.2, 0.25) is 5.91 Å². The Balaban J connectivity index is 1.75. The van der Waals surface area contributed by atoms with Gasteiger partial charge in [-0.15, -0.1) is 11.8 Å². The number of carbonyl (C=O) groups is 1. The zero-order valence-corrected chi connectivity index (χ0v) is 14.2. The summed E-state index contributed by atoms with van der Waals surface area (Å²) in [4.78, 5) is 11.9. The topological polar surface area (TPSA) is 47.6 Å². The van der Waals surface area contributed by atoms with E-state index < -0.39 is 0 Å². The molecule has 0 atom stereocenters. The largest absolute Gasteiger partial charge is 0.493 e. The Morgan fingerprint density at radius 2 is 1.91 bits per heavy atom. The maximum Gasteiger partial charge on any atom is 0.230 e. The van der Waals surface area contributed by atoms with Crippen molar-refractivity contribution in [1.29, 1.82) is 0 Å². The zero-order chi connectivity index (χ0) is 15.8. The van der Waals surface area contributed by atoms with Crippen molar-refractivity contribution in [3.63, 3.8) is 0 Å². The molecular formula is C17H25NO3S. The van der Waals surface area contributed by atoms with Crippen molar-refractivity contribution >= 4 is 17.7 Å². The van der Waals surface area contributed by atoms with Crippen LogP contribution in [0.3, 0.4) is 0 Å². The number of ether oxygens (including phenoxy) is 2. The first-order valence-electron chi connectivity index (χ1n) is 7.82. The van der Waals surface area contributed by atoms with Gasteiger partial charge in [0, 0.05) is 11.8 Å². The molecule has 1 aromatic carbocycles. The normalized spacial score (nSPS) is 15.4. The molecule has 1 saturated carbocycles. The van der Waals surface area contributed by atoms with E-state index in [0.717, 1.165) is 5.56 Å². The van der Waals surface area contributed by atoms with Gasteiger partial charge in [0.15, 0.2) is 11.5 Å². The molecular weight excluding hydrogens is 298 g/mol. The second-order valence-corrected chi connectivity index (χ2v) is 6.83. The number of amides is 1. The minimum atomic E-state index is 0.102. The predicted molar refractivity (Wildman–Crippen MR) is 90.7 cm³/mol. The molecule has 0 saturated heterocycles. The maximum absolute atomic E-state index is 11.9. The maximum atomic E-state index is 11.9. The van der Waals surface area contributed by atoms with Gasteiger partial charge in [0.25, 0.3) is 0 Å². The molecule has 1 aromatic rings. The molecule has 0 unspecified atom stereocenters. The smallest absolute Gasteiger partial charge is 0.230 e. The number of nitrogens with one attached hydrogen (secondary N) is 1. The number of hydrogen-bond donors (Lipinski definition) is 1. The number of thioether (sulfide) groups is 1. The lowest BCUT2D eigenvalue weighted by Gasteiger charge is -2.20. The number of hydrogen-bond acceptors (Lipinski definition) is 4. The van der Waals surface area contributed by atoms with Crippen LogP contribution in [0, 0.1) is 0 Å². The lowest BCUT2D eigenvalue weighted by atomic mass is 10.0. The number of benzene rings is 1. The highest BCUT2D eigenvalue weighted by Crippen LogP contribution is 2.28. The second-order valence-electron chi connectivity index (χ2n) is 5.54. The van der Waals surface area contributed by atoms with E-state index >= 15 is 0 Å². The average molecular weight is 323 g/mol. The lowest BCUT2D eigenvalue weighted by Crippen LogP contribution is -2.26. The van der Waals surface area contributed by atoms with Crippen LogP contribution in [0.1, 0.15) is 37.7 Å². The number of methoxy groups -OCH3 is 2. The van der Waals surface area contributed by atoms with Crippen LogP contribution < -0.4 is 14.8 Å². The van der Waals surface area contributed by atoms with Crippen molar-refractivity contribution in [1.82, 2.24) is 5.32 Å². The van der Waals surface area contributed by atoms with Crippen molar-refractivity contribution < 1.29 is 14.3 Å². The molecule has 5 heteroatoms. The Labute approximate surface area is 137 Å².